The van der Waals surface area contributed by atoms with E-state index in [2.05, 4.69) is 37.1 Å². The quantitative estimate of drug-likeness (QED) is 0.349. The van der Waals surface area contributed by atoms with Crippen LogP contribution in [-0.2, 0) is 0 Å². The van der Waals surface area contributed by atoms with Crippen LogP contribution in [0.1, 0.15) is 24.2 Å². The van der Waals surface area contributed by atoms with Gasteiger partial charge in [0.05, 0.1) is 24.4 Å². The van der Waals surface area contributed by atoms with Crippen LogP contribution in [0.4, 0.5) is 5.13 Å². The minimum Gasteiger partial charge on any atom is -0.497 e. The van der Waals surface area contributed by atoms with Gasteiger partial charge in [0, 0.05) is 29.6 Å². The fourth-order valence-electron chi connectivity index (χ4n) is 3.29. The molecule has 3 rings (SSSR count). The summed E-state index contributed by atoms with van der Waals surface area (Å²) < 4.78 is 11.8. The lowest BCUT2D eigenvalue weighted by atomic mass is 10.1. The van der Waals surface area contributed by atoms with Crippen LogP contribution in [0.5, 0.6) is 11.5 Å². The third kappa shape index (κ3) is 6.07. The van der Waals surface area contributed by atoms with E-state index in [-0.39, 0.29) is 18.3 Å². The van der Waals surface area contributed by atoms with Crippen molar-refractivity contribution in [3.8, 4) is 11.5 Å². The van der Waals surface area contributed by atoms with Gasteiger partial charge in [-0.3, -0.25) is 9.69 Å². The first-order chi connectivity index (χ1) is 15.0. The van der Waals surface area contributed by atoms with Crippen LogP contribution in [0.3, 0.4) is 0 Å². The van der Waals surface area contributed by atoms with Crippen molar-refractivity contribution in [1.82, 2.24) is 9.88 Å². The number of carbonyl (C=O) groups excluding carboxylic acids is 1. The van der Waals surface area contributed by atoms with Crippen LogP contribution < -0.4 is 14.4 Å². The summed E-state index contributed by atoms with van der Waals surface area (Å²) >= 11 is 3.24. The van der Waals surface area contributed by atoms with Gasteiger partial charge in [-0.05, 0) is 49.7 Å². The number of carbonyl (C=O) groups is 1. The number of nitrogens with zero attached hydrogens (tertiary/aromatic N) is 3. The van der Waals surface area contributed by atoms with Crippen molar-refractivity contribution in [2.45, 2.75) is 18.7 Å². The van der Waals surface area contributed by atoms with E-state index in [9.17, 15) is 4.79 Å². The zero-order chi connectivity index (χ0) is 22.4. The molecule has 0 aliphatic rings. The summed E-state index contributed by atoms with van der Waals surface area (Å²) in [6.45, 7) is 7.44. The normalized spacial score (nSPS) is 10.8. The van der Waals surface area contributed by atoms with Crippen molar-refractivity contribution >= 4 is 56.8 Å². The summed E-state index contributed by atoms with van der Waals surface area (Å²) in [6, 6.07) is 11.5. The van der Waals surface area contributed by atoms with E-state index in [4.69, 9.17) is 14.5 Å². The first kappa shape index (κ1) is 26.3. The third-order valence-electron chi connectivity index (χ3n) is 5.19. The van der Waals surface area contributed by atoms with Gasteiger partial charge in [-0.25, -0.2) is 4.98 Å². The molecule has 9 heteroatoms. The smallest absolute Gasteiger partial charge is 0.260 e. The number of amides is 1. The highest BCUT2D eigenvalue weighted by Gasteiger charge is 2.23. The minimum atomic E-state index is -0.117. The van der Waals surface area contributed by atoms with Crippen LogP contribution in [0.25, 0.3) is 10.2 Å². The van der Waals surface area contributed by atoms with E-state index in [1.54, 1.807) is 60.4 Å². The number of aromatic nitrogens is 1. The van der Waals surface area contributed by atoms with Crippen LogP contribution in [0.15, 0.2) is 41.3 Å². The molecular formula is C23H30ClN3O3S2. The Morgan fingerprint density at radius 2 is 1.69 bits per heavy atom. The first-order valence-electron chi connectivity index (χ1n) is 10.2. The van der Waals surface area contributed by atoms with Gasteiger partial charge in [0.25, 0.3) is 5.91 Å². The van der Waals surface area contributed by atoms with E-state index in [1.165, 1.54) is 4.90 Å². The van der Waals surface area contributed by atoms with Crippen LogP contribution in [0.2, 0.25) is 0 Å². The Hall–Kier alpha value is -2.00. The molecule has 0 radical (unpaired) electrons. The maximum Gasteiger partial charge on any atom is 0.260 e. The molecule has 0 aliphatic carbocycles. The zero-order valence-electron chi connectivity index (χ0n) is 19.1. The lowest BCUT2D eigenvalue weighted by Gasteiger charge is -2.25. The second-order valence-electron chi connectivity index (χ2n) is 6.92. The van der Waals surface area contributed by atoms with Gasteiger partial charge in [0.15, 0.2) is 5.13 Å². The maximum atomic E-state index is 13.6. The van der Waals surface area contributed by atoms with Gasteiger partial charge < -0.3 is 14.4 Å². The summed E-state index contributed by atoms with van der Waals surface area (Å²) in [6.07, 6.45) is 2.05. The van der Waals surface area contributed by atoms with Gasteiger partial charge in [0.1, 0.15) is 11.5 Å². The van der Waals surface area contributed by atoms with E-state index in [0.29, 0.717) is 28.7 Å². The molecule has 0 bridgehead atoms. The second-order valence-corrected chi connectivity index (χ2v) is 8.80. The summed E-state index contributed by atoms with van der Waals surface area (Å²) in [5.41, 5.74) is 1.42. The molecule has 32 heavy (non-hydrogen) atoms. The fraction of sp³-hybridized carbons (Fsp3) is 0.391. The fourth-order valence-corrected chi connectivity index (χ4v) is 4.83. The van der Waals surface area contributed by atoms with Gasteiger partial charge in [-0.2, -0.15) is 0 Å². The molecule has 3 aromatic rings. The number of hydrogen-bond donors (Lipinski definition) is 0. The zero-order valence-corrected chi connectivity index (χ0v) is 21.5. The molecule has 0 fully saturated rings. The Labute approximate surface area is 204 Å². The molecule has 6 nitrogen and oxygen atoms in total. The van der Waals surface area contributed by atoms with E-state index >= 15 is 0 Å². The molecule has 0 unspecified atom stereocenters. The standard InChI is InChI=1S/C23H29N3O3S2.ClH/c1-6-25(7-2)10-11-26(22(27)16-12-17(28-3)14-18(13-16)29-4)23-24-20-9-8-19(30-5)15-21(20)31-23;/h8-9,12-15H,6-7,10-11H2,1-5H3;1H. The van der Waals surface area contributed by atoms with E-state index in [0.717, 1.165) is 29.9 Å². The molecule has 1 aromatic heterocycles. The number of rotatable bonds is 10. The van der Waals surface area contributed by atoms with Crippen molar-refractivity contribution in [3.05, 3.63) is 42.0 Å². The number of likely N-dealkylation sites (N-methyl/N-ethyl adjacent to an activating group) is 1. The lowest BCUT2D eigenvalue weighted by molar-refractivity contribution is 0.0983. The molecule has 0 saturated heterocycles. The molecule has 0 saturated carbocycles. The predicted molar refractivity (Wildman–Crippen MR) is 138 cm³/mol. The third-order valence-corrected chi connectivity index (χ3v) is 6.96. The summed E-state index contributed by atoms with van der Waals surface area (Å²) in [5, 5.41) is 0.701. The van der Waals surface area contributed by atoms with Crippen molar-refractivity contribution in [3.63, 3.8) is 0 Å². The van der Waals surface area contributed by atoms with Crippen molar-refractivity contribution in [2.75, 3.05) is 51.6 Å². The monoisotopic (exact) mass is 495 g/mol. The Kier molecular flexibility index (Phi) is 10.1. The molecular weight excluding hydrogens is 466 g/mol. The molecule has 0 spiro atoms. The highest BCUT2D eigenvalue weighted by atomic mass is 35.5. The Balaban J connectivity index is 0.00000363. The largest absolute Gasteiger partial charge is 0.497 e. The van der Waals surface area contributed by atoms with Gasteiger partial charge >= 0.3 is 0 Å². The van der Waals surface area contributed by atoms with Crippen molar-refractivity contribution in [1.29, 1.82) is 0 Å². The highest BCUT2D eigenvalue weighted by Crippen LogP contribution is 2.33. The molecule has 1 amide bonds. The number of hydrogen-bond acceptors (Lipinski definition) is 7. The number of halogens is 1. The van der Waals surface area contributed by atoms with Crippen LogP contribution >= 0.6 is 35.5 Å². The molecule has 0 atom stereocenters. The Morgan fingerprint density at radius 1 is 1.03 bits per heavy atom. The van der Waals surface area contributed by atoms with Crippen LogP contribution in [-0.4, -0.2) is 62.4 Å². The topological polar surface area (TPSA) is 54.9 Å². The van der Waals surface area contributed by atoms with Crippen molar-refractivity contribution < 1.29 is 14.3 Å². The van der Waals surface area contributed by atoms with Crippen molar-refractivity contribution in [2.24, 2.45) is 0 Å². The number of thioether (sulfide) groups is 1. The molecule has 0 N–H and O–H groups in total. The second kappa shape index (κ2) is 12.3. The highest BCUT2D eigenvalue weighted by molar-refractivity contribution is 7.98. The molecule has 1 heterocycles. The average molecular weight is 496 g/mol. The minimum absolute atomic E-state index is 0. The number of anilines is 1. The summed E-state index contributed by atoms with van der Waals surface area (Å²) in [4.78, 5) is 23.7. The number of ether oxygens (including phenoxy) is 2. The van der Waals surface area contributed by atoms with Gasteiger partial charge in [-0.15, -0.1) is 24.2 Å². The molecule has 174 valence electrons. The maximum absolute atomic E-state index is 13.6. The number of thiazole rings is 1. The summed E-state index contributed by atoms with van der Waals surface area (Å²) in [7, 11) is 3.16. The SMILES string of the molecule is CCN(CC)CCN(C(=O)c1cc(OC)cc(OC)c1)c1nc2ccc(SC)cc2s1.Cl. The number of benzene rings is 2. The predicted octanol–water partition coefficient (Wildman–Crippen LogP) is 5.45. The molecule has 0 aliphatic heterocycles. The average Bonchev–Trinajstić information content (AvgIpc) is 3.23. The first-order valence-corrected chi connectivity index (χ1v) is 12.3. The Bertz CT molecular complexity index is 1020. The van der Waals surface area contributed by atoms with E-state index < -0.39 is 0 Å². The number of methoxy groups -OCH3 is 2. The van der Waals surface area contributed by atoms with Crippen LogP contribution in [0, 0.1) is 0 Å². The van der Waals surface area contributed by atoms with Gasteiger partial charge in [-0.1, -0.05) is 25.2 Å². The Morgan fingerprint density at radius 3 is 2.25 bits per heavy atom. The van der Waals surface area contributed by atoms with Gasteiger partial charge in [0.2, 0.25) is 0 Å². The lowest BCUT2D eigenvalue weighted by Crippen LogP contribution is -2.38. The summed E-state index contributed by atoms with van der Waals surface area (Å²) in [5.74, 6) is 1.05. The van der Waals surface area contributed by atoms with E-state index in [1.807, 2.05) is 6.07 Å². The molecule has 2 aromatic carbocycles. The number of fused-ring (bicyclic) bond motifs is 1.